The molecular weight excluding hydrogens is 432 g/mol. The molecule has 1 aliphatic rings. The second-order valence-corrected chi connectivity index (χ2v) is 7.90. The summed E-state index contributed by atoms with van der Waals surface area (Å²) in [5, 5.41) is 9.70. The summed E-state index contributed by atoms with van der Waals surface area (Å²) in [6.07, 6.45) is 1.54. The number of ether oxygens (including phenoxy) is 2. The van der Waals surface area contributed by atoms with Crippen LogP contribution in [0, 0.1) is 6.92 Å². The molecule has 1 amide bonds. The molecule has 0 radical (unpaired) electrons. The van der Waals surface area contributed by atoms with Crippen molar-refractivity contribution in [2.45, 2.75) is 6.92 Å². The first-order valence-corrected chi connectivity index (χ1v) is 10.5. The van der Waals surface area contributed by atoms with Crippen LogP contribution in [0.3, 0.4) is 0 Å². The second kappa shape index (κ2) is 7.20. The van der Waals surface area contributed by atoms with Gasteiger partial charge < -0.3 is 18.4 Å². The lowest BCUT2D eigenvalue weighted by Crippen LogP contribution is -2.13. The maximum atomic E-state index is 13.2. The standard InChI is InChI=1S/C22H14N4O5S/c1-11-19-13(8-14(16-3-2-6-28-16)23-21(19)31-26-11)20(27)25-22-24-15(9-32-22)12-4-5-17-18(7-12)30-10-29-17/h2-9H,10H2,1H3,(H,24,25,27). The van der Waals surface area contributed by atoms with Crippen LogP contribution < -0.4 is 14.8 Å². The molecule has 32 heavy (non-hydrogen) atoms. The van der Waals surface area contributed by atoms with Gasteiger partial charge in [-0.2, -0.15) is 0 Å². The molecule has 1 aromatic carbocycles. The van der Waals surface area contributed by atoms with E-state index in [2.05, 4.69) is 20.4 Å². The summed E-state index contributed by atoms with van der Waals surface area (Å²) in [6, 6.07) is 10.8. The van der Waals surface area contributed by atoms with Gasteiger partial charge in [-0.05, 0) is 43.3 Å². The average molecular weight is 446 g/mol. The van der Waals surface area contributed by atoms with Crippen molar-refractivity contribution in [3.8, 4) is 34.2 Å². The van der Waals surface area contributed by atoms with Gasteiger partial charge in [-0.1, -0.05) is 5.16 Å². The highest BCUT2D eigenvalue weighted by Gasteiger charge is 2.21. The molecule has 1 aliphatic heterocycles. The smallest absolute Gasteiger partial charge is 0.259 e. The van der Waals surface area contributed by atoms with Crippen molar-refractivity contribution in [1.82, 2.24) is 15.1 Å². The Balaban J connectivity index is 1.33. The van der Waals surface area contributed by atoms with Gasteiger partial charge in [0.05, 0.1) is 28.6 Å². The molecule has 5 aromatic rings. The van der Waals surface area contributed by atoms with Crippen LogP contribution in [-0.2, 0) is 0 Å². The third kappa shape index (κ3) is 3.08. The Hall–Kier alpha value is -4.18. The minimum atomic E-state index is -0.344. The van der Waals surface area contributed by atoms with Gasteiger partial charge in [0.15, 0.2) is 22.4 Å². The Morgan fingerprint density at radius 3 is 2.88 bits per heavy atom. The number of rotatable bonds is 4. The number of carbonyl (C=O) groups excluding carboxylic acids is 1. The van der Waals surface area contributed by atoms with E-state index < -0.39 is 0 Å². The summed E-state index contributed by atoms with van der Waals surface area (Å²) >= 11 is 1.33. The van der Waals surface area contributed by atoms with Gasteiger partial charge in [0.25, 0.3) is 11.6 Å². The lowest BCUT2D eigenvalue weighted by Gasteiger charge is -2.05. The highest BCUT2D eigenvalue weighted by atomic mass is 32.1. The summed E-state index contributed by atoms with van der Waals surface area (Å²) in [5.74, 6) is 1.56. The third-order valence-electron chi connectivity index (χ3n) is 5.03. The highest BCUT2D eigenvalue weighted by Crippen LogP contribution is 2.37. The molecule has 0 spiro atoms. The molecule has 1 N–H and O–H groups in total. The van der Waals surface area contributed by atoms with E-state index in [0.717, 1.165) is 11.3 Å². The Bertz CT molecular complexity index is 1470. The largest absolute Gasteiger partial charge is 0.463 e. The molecule has 0 atom stereocenters. The van der Waals surface area contributed by atoms with Crippen molar-refractivity contribution in [3.05, 3.63) is 59.3 Å². The summed E-state index contributed by atoms with van der Waals surface area (Å²) < 4.78 is 21.5. The number of fused-ring (bicyclic) bond motifs is 2. The lowest BCUT2D eigenvalue weighted by atomic mass is 10.1. The molecule has 6 rings (SSSR count). The zero-order valence-electron chi connectivity index (χ0n) is 16.6. The molecular formula is C22H14N4O5S. The van der Waals surface area contributed by atoms with E-state index in [1.165, 1.54) is 11.3 Å². The molecule has 158 valence electrons. The summed E-state index contributed by atoms with van der Waals surface area (Å²) in [6.45, 7) is 1.97. The Morgan fingerprint density at radius 1 is 1.09 bits per heavy atom. The lowest BCUT2D eigenvalue weighted by molar-refractivity contribution is 0.102. The van der Waals surface area contributed by atoms with Crippen molar-refractivity contribution in [2.75, 3.05) is 12.1 Å². The third-order valence-corrected chi connectivity index (χ3v) is 5.79. The first-order chi connectivity index (χ1) is 15.7. The quantitative estimate of drug-likeness (QED) is 0.415. The van der Waals surface area contributed by atoms with Crippen molar-refractivity contribution >= 4 is 33.5 Å². The van der Waals surface area contributed by atoms with Crippen molar-refractivity contribution < 1.29 is 23.2 Å². The summed E-state index contributed by atoms with van der Waals surface area (Å²) in [5.41, 5.74) is 3.28. The van der Waals surface area contributed by atoms with E-state index >= 15 is 0 Å². The van der Waals surface area contributed by atoms with Gasteiger partial charge in [0.1, 0.15) is 5.69 Å². The SMILES string of the molecule is Cc1noc2nc(-c3ccco3)cc(C(=O)Nc3nc(-c4ccc5c(c4)OCO5)cs3)c12. The van der Waals surface area contributed by atoms with Crippen molar-refractivity contribution in [3.63, 3.8) is 0 Å². The number of anilines is 1. The van der Waals surface area contributed by atoms with Crippen LogP contribution in [-0.4, -0.2) is 27.8 Å². The van der Waals surface area contributed by atoms with Crippen LogP contribution in [0.25, 0.3) is 33.8 Å². The predicted octanol–water partition coefficient (Wildman–Crippen LogP) is 4.90. The van der Waals surface area contributed by atoms with E-state index in [1.807, 2.05) is 23.6 Å². The van der Waals surface area contributed by atoms with Crippen LogP contribution in [0.4, 0.5) is 5.13 Å². The fourth-order valence-electron chi connectivity index (χ4n) is 3.51. The molecule has 10 heteroatoms. The minimum absolute atomic E-state index is 0.208. The van der Waals surface area contributed by atoms with Crippen LogP contribution in [0.1, 0.15) is 16.1 Å². The van der Waals surface area contributed by atoms with Gasteiger partial charge >= 0.3 is 0 Å². The normalized spacial score (nSPS) is 12.4. The fraction of sp³-hybridized carbons (Fsp3) is 0.0909. The number of amides is 1. The van der Waals surface area contributed by atoms with Crippen molar-refractivity contribution in [1.29, 1.82) is 0 Å². The maximum absolute atomic E-state index is 13.2. The highest BCUT2D eigenvalue weighted by molar-refractivity contribution is 7.14. The minimum Gasteiger partial charge on any atom is -0.463 e. The van der Waals surface area contributed by atoms with Crippen LogP contribution in [0.2, 0.25) is 0 Å². The molecule has 5 heterocycles. The molecule has 0 bridgehead atoms. The van der Waals surface area contributed by atoms with E-state index in [0.29, 0.717) is 44.7 Å². The van der Waals surface area contributed by atoms with E-state index in [1.54, 1.807) is 31.4 Å². The molecule has 0 saturated heterocycles. The van der Waals surface area contributed by atoms with Crippen LogP contribution in [0.5, 0.6) is 11.5 Å². The molecule has 4 aromatic heterocycles. The first kappa shape index (κ1) is 18.6. The molecule has 9 nitrogen and oxygen atoms in total. The number of benzene rings is 1. The predicted molar refractivity (Wildman–Crippen MR) is 116 cm³/mol. The number of aryl methyl sites for hydroxylation is 1. The molecule has 0 unspecified atom stereocenters. The van der Waals surface area contributed by atoms with Crippen LogP contribution in [0.15, 0.2) is 57.0 Å². The van der Waals surface area contributed by atoms with E-state index in [4.69, 9.17) is 18.4 Å². The van der Waals surface area contributed by atoms with E-state index in [-0.39, 0.29) is 18.4 Å². The van der Waals surface area contributed by atoms with Gasteiger partial charge in [0.2, 0.25) is 6.79 Å². The molecule has 0 saturated carbocycles. The Kier molecular flexibility index (Phi) is 4.18. The number of carbonyl (C=O) groups is 1. The van der Waals surface area contributed by atoms with E-state index in [9.17, 15) is 4.79 Å². The van der Waals surface area contributed by atoms with Crippen molar-refractivity contribution in [2.24, 2.45) is 0 Å². The number of furan rings is 1. The zero-order valence-corrected chi connectivity index (χ0v) is 17.4. The summed E-state index contributed by atoms with van der Waals surface area (Å²) in [7, 11) is 0. The van der Waals surface area contributed by atoms with Crippen LogP contribution >= 0.6 is 11.3 Å². The first-order valence-electron chi connectivity index (χ1n) is 9.63. The van der Waals surface area contributed by atoms with Gasteiger partial charge in [-0.15, -0.1) is 11.3 Å². The number of hydrogen-bond donors (Lipinski definition) is 1. The molecule has 0 aliphatic carbocycles. The number of pyridine rings is 1. The average Bonchev–Trinajstić information content (AvgIpc) is 3.59. The van der Waals surface area contributed by atoms with Gasteiger partial charge in [-0.3, -0.25) is 10.1 Å². The number of nitrogens with one attached hydrogen (secondary N) is 1. The number of thiazole rings is 1. The zero-order chi connectivity index (χ0) is 21.7. The fourth-order valence-corrected chi connectivity index (χ4v) is 4.22. The second-order valence-electron chi connectivity index (χ2n) is 7.04. The van der Waals surface area contributed by atoms with Gasteiger partial charge in [0, 0.05) is 10.9 Å². The number of hydrogen-bond acceptors (Lipinski definition) is 9. The maximum Gasteiger partial charge on any atom is 0.259 e. The Labute approximate surface area is 184 Å². The topological polar surface area (TPSA) is 113 Å². The number of aromatic nitrogens is 3. The Morgan fingerprint density at radius 2 is 2.00 bits per heavy atom. The molecule has 0 fully saturated rings. The summed E-state index contributed by atoms with van der Waals surface area (Å²) in [4.78, 5) is 22.2. The monoisotopic (exact) mass is 446 g/mol. The number of nitrogens with zero attached hydrogens (tertiary/aromatic N) is 3. The van der Waals surface area contributed by atoms with Gasteiger partial charge in [-0.25, -0.2) is 9.97 Å².